The molecule has 0 bridgehead atoms. The van der Waals surface area contributed by atoms with E-state index < -0.39 is 0 Å². The zero-order valence-electron chi connectivity index (χ0n) is 16.6. The zero-order valence-corrected chi connectivity index (χ0v) is 18.3. The summed E-state index contributed by atoms with van der Waals surface area (Å²) in [7, 11) is 3.28. The van der Waals surface area contributed by atoms with Crippen LogP contribution in [0.2, 0.25) is 0 Å². The topological polar surface area (TPSA) is 51.7 Å². The number of methoxy groups -OCH3 is 2. The highest BCUT2D eigenvalue weighted by molar-refractivity contribution is 8.26. The van der Waals surface area contributed by atoms with Crippen LogP contribution in [0.3, 0.4) is 0 Å². The highest BCUT2D eigenvalue weighted by Gasteiger charge is 2.31. The summed E-state index contributed by atoms with van der Waals surface area (Å²) in [6.45, 7) is 0.541. The number of rotatable bonds is 6. The van der Waals surface area contributed by atoms with E-state index in [2.05, 4.69) is 4.98 Å². The average molecular weight is 437 g/mol. The highest BCUT2D eigenvalue weighted by atomic mass is 32.2. The van der Waals surface area contributed by atoms with E-state index in [1.807, 2.05) is 54.6 Å². The number of thiocarbonyl (C=S) groups is 1. The molecule has 3 aromatic rings. The molecule has 1 aromatic heterocycles. The molecule has 0 spiro atoms. The van der Waals surface area contributed by atoms with Gasteiger partial charge in [-0.3, -0.25) is 9.69 Å². The molecule has 1 saturated heterocycles. The molecule has 1 amide bonds. The van der Waals surface area contributed by atoms with E-state index in [-0.39, 0.29) is 5.91 Å². The van der Waals surface area contributed by atoms with Crippen molar-refractivity contribution in [2.75, 3.05) is 20.8 Å². The van der Waals surface area contributed by atoms with Crippen LogP contribution in [0.25, 0.3) is 17.0 Å². The van der Waals surface area contributed by atoms with Gasteiger partial charge < -0.3 is 9.47 Å². The molecule has 0 atom stereocenters. The molecule has 0 unspecified atom stereocenters. The van der Waals surface area contributed by atoms with Gasteiger partial charge in [-0.2, -0.15) is 0 Å². The monoisotopic (exact) mass is 436 g/mol. The van der Waals surface area contributed by atoms with E-state index in [1.54, 1.807) is 25.2 Å². The first kappa shape index (κ1) is 20.4. The minimum absolute atomic E-state index is 0.0739. The van der Waals surface area contributed by atoms with Crippen molar-refractivity contribution >= 4 is 51.2 Å². The van der Waals surface area contributed by atoms with Crippen molar-refractivity contribution < 1.29 is 14.3 Å². The third-order valence-electron chi connectivity index (χ3n) is 4.85. The van der Waals surface area contributed by atoms with E-state index in [0.717, 1.165) is 40.1 Å². The predicted molar refractivity (Wildman–Crippen MR) is 125 cm³/mol. The standard InChI is InChI=1S/C23H20N2O3S2/c1-27-18-7-3-15(4-8-18)11-12-25-22(26)21(30-23(25)29)14-17-6-5-16-13-19(28-2)9-10-20(16)24-17/h3-10,13-14H,11-12H2,1-2H3/b21-14+. The second-order valence-corrected chi connectivity index (χ2v) is 8.40. The Bertz CT molecular complexity index is 1140. The summed E-state index contributed by atoms with van der Waals surface area (Å²) < 4.78 is 11.0. The van der Waals surface area contributed by atoms with Crippen LogP contribution in [0.15, 0.2) is 59.5 Å². The third-order valence-corrected chi connectivity index (χ3v) is 6.23. The number of thioether (sulfide) groups is 1. The Hall–Kier alpha value is -2.90. The van der Waals surface area contributed by atoms with E-state index in [4.69, 9.17) is 21.7 Å². The van der Waals surface area contributed by atoms with Crippen LogP contribution in [-0.2, 0) is 11.2 Å². The molecule has 0 aliphatic carbocycles. The Kier molecular flexibility index (Phi) is 6.01. The molecule has 0 N–H and O–H groups in total. The minimum atomic E-state index is -0.0739. The van der Waals surface area contributed by atoms with Crippen LogP contribution in [0.1, 0.15) is 11.3 Å². The van der Waals surface area contributed by atoms with Crippen molar-refractivity contribution in [1.82, 2.24) is 9.88 Å². The molecule has 30 heavy (non-hydrogen) atoms. The number of carbonyl (C=O) groups is 1. The predicted octanol–water partition coefficient (Wildman–Crippen LogP) is 4.70. The largest absolute Gasteiger partial charge is 0.497 e. The Morgan fingerprint density at radius 2 is 1.77 bits per heavy atom. The number of pyridine rings is 1. The van der Waals surface area contributed by atoms with Crippen molar-refractivity contribution in [3.8, 4) is 11.5 Å². The molecular weight excluding hydrogens is 416 g/mol. The molecule has 152 valence electrons. The number of carbonyl (C=O) groups excluding carboxylic acids is 1. The summed E-state index contributed by atoms with van der Waals surface area (Å²) in [5, 5.41) is 0.985. The van der Waals surface area contributed by atoms with Crippen LogP contribution < -0.4 is 9.47 Å². The number of amides is 1. The fraction of sp³-hybridized carbons (Fsp3) is 0.174. The summed E-state index contributed by atoms with van der Waals surface area (Å²) in [6, 6.07) is 17.4. The van der Waals surface area contributed by atoms with Gasteiger partial charge >= 0.3 is 0 Å². The van der Waals surface area contributed by atoms with Crippen molar-refractivity contribution in [3.63, 3.8) is 0 Å². The lowest BCUT2D eigenvalue weighted by atomic mass is 10.1. The van der Waals surface area contributed by atoms with Crippen LogP contribution in [0, 0.1) is 0 Å². The zero-order chi connectivity index (χ0) is 21.1. The molecule has 7 heteroatoms. The van der Waals surface area contributed by atoms with E-state index in [9.17, 15) is 4.79 Å². The fourth-order valence-electron chi connectivity index (χ4n) is 3.19. The SMILES string of the molecule is COc1ccc(CCN2C(=O)/C(=C\c3ccc4cc(OC)ccc4n3)SC2=S)cc1. The van der Waals surface area contributed by atoms with Crippen molar-refractivity contribution in [3.05, 3.63) is 70.8 Å². The van der Waals surface area contributed by atoms with E-state index in [1.165, 1.54) is 11.8 Å². The third kappa shape index (κ3) is 4.32. The highest BCUT2D eigenvalue weighted by Crippen LogP contribution is 2.33. The molecule has 1 aliphatic rings. The molecular formula is C23H20N2O3S2. The number of aromatic nitrogens is 1. The number of hydrogen-bond acceptors (Lipinski definition) is 6. The second kappa shape index (κ2) is 8.85. The Morgan fingerprint density at radius 1 is 1.03 bits per heavy atom. The lowest BCUT2D eigenvalue weighted by Crippen LogP contribution is -2.30. The molecule has 2 aromatic carbocycles. The van der Waals surface area contributed by atoms with Crippen molar-refractivity contribution in [1.29, 1.82) is 0 Å². The maximum absolute atomic E-state index is 12.9. The average Bonchev–Trinajstić information content (AvgIpc) is 3.04. The van der Waals surface area contributed by atoms with Crippen LogP contribution in [0.5, 0.6) is 11.5 Å². The molecule has 1 aliphatic heterocycles. The Balaban J connectivity index is 1.48. The normalized spacial score (nSPS) is 15.3. The van der Waals surface area contributed by atoms with Gasteiger partial charge in [0.25, 0.3) is 5.91 Å². The van der Waals surface area contributed by atoms with Gasteiger partial charge in [0.15, 0.2) is 0 Å². The smallest absolute Gasteiger partial charge is 0.266 e. The van der Waals surface area contributed by atoms with E-state index in [0.29, 0.717) is 15.8 Å². The van der Waals surface area contributed by atoms with Gasteiger partial charge in [-0.25, -0.2) is 4.98 Å². The molecule has 2 heterocycles. The molecule has 0 saturated carbocycles. The van der Waals surface area contributed by atoms with Gasteiger partial charge in [0.2, 0.25) is 0 Å². The summed E-state index contributed by atoms with van der Waals surface area (Å²) in [5.41, 5.74) is 2.70. The summed E-state index contributed by atoms with van der Waals surface area (Å²) >= 11 is 6.76. The number of nitrogens with zero attached hydrogens (tertiary/aromatic N) is 2. The summed E-state index contributed by atoms with van der Waals surface area (Å²) in [4.78, 5) is 19.8. The molecule has 0 radical (unpaired) electrons. The fourth-order valence-corrected chi connectivity index (χ4v) is 4.48. The Labute approximate surface area is 184 Å². The first-order valence-corrected chi connectivity index (χ1v) is 10.6. The van der Waals surface area contributed by atoms with Crippen LogP contribution in [-0.4, -0.2) is 40.9 Å². The minimum Gasteiger partial charge on any atom is -0.497 e. The van der Waals surface area contributed by atoms with Crippen molar-refractivity contribution in [2.45, 2.75) is 6.42 Å². The van der Waals surface area contributed by atoms with Gasteiger partial charge in [-0.05, 0) is 54.5 Å². The quantitative estimate of drug-likeness (QED) is 0.413. The lowest BCUT2D eigenvalue weighted by Gasteiger charge is -2.14. The second-order valence-electron chi connectivity index (χ2n) is 6.73. The van der Waals surface area contributed by atoms with Gasteiger partial charge in [0.1, 0.15) is 15.8 Å². The van der Waals surface area contributed by atoms with Gasteiger partial charge in [0, 0.05) is 11.9 Å². The van der Waals surface area contributed by atoms with Gasteiger partial charge in [0.05, 0.1) is 30.3 Å². The lowest BCUT2D eigenvalue weighted by molar-refractivity contribution is -0.122. The number of ether oxygens (including phenoxy) is 2. The summed E-state index contributed by atoms with van der Waals surface area (Å²) in [5.74, 6) is 1.53. The van der Waals surface area contributed by atoms with Gasteiger partial charge in [-0.1, -0.05) is 42.2 Å². The summed E-state index contributed by atoms with van der Waals surface area (Å²) in [6.07, 6.45) is 2.52. The number of benzene rings is 2. The Morgan fingerprint density at radius 3 is 2.50 bits per heavy atom. The maximum Gasteiger partial charge on any atom is 0.266 e. The van der Waals surface area contributed by atoms with E-state index >= 15 is 0 Å². The maximum atomic E-state index is 12.9. The molecule has 5 nitrogen and oxygen atoms in total. The number of fused-ring (bicyclic) bond motifs is 1. The molecule has 1 fully saturated rings. The van der Waals surface area contributed by atoms with Crippen LogP contribution >= 0.6 is 24.0 Å². The van der Waals surface area contributed by atoms with Crippen LogP contribution in [0.4, 0.5) is 0 Å². The first-order chi connectivity index (χ1) is 14.6. The first-order valence-electron chi connectivity index (χ1n) is 9.40. The number of hydrogen-bond donors (Lipinski definition) is 0. The molecule has 4 rings (SSSR count). The van der Waals surface area contributed by atoms with Crippen molar-refractivity contribution in [2.24, 2.45) is 0 Å². The van der Waals surface area contributed by atoms with Gasteiger partial charge in [-0.15, -0.1) is 0 Å².